The molecule has 0 unspecified atom stereocenters. The van der Waals surface area contributed by atoms with E-state index in [4.69, 9.17) is 0 Å². The average molecular weight is 284 g/mol. The Morgan fingerprint density at radius 2 is 1.86 bits per heavy atom. The van der Waals surface area contributed by atoms with Crippen molar-refractivity contribution in [3.05, 3.63) is 0 Å². The van der Waals surface area contributed by atoms with Crippen LogP contribution in [-0.2, 0) is 10.0 Å². The van der Waals surface area contributed by atoms with Gasteiger partial charge in [0, 0.05) is 11.4 Å². The lowest BCUT2D eigenvalue weighted by atomic mass is 9.89. The average Bonchev–Trinajstić information content (AvgIpc) is 2.17. The van der Waals surface area contributed by atoms with E-state index >= 15 is 0 Å². The third-order valence-corrected chi connectivity index (χ3v) is 5.03. The fourth-order valence-electron chi connectivity index (χ4n) is 1.67. The summed E-state index contributed by atoms with van der Waals surface area (Å²) in [5.41, 5.74) is 0. The molecule has 1 fully saturated rings. The SMILES string of the molecule is CCS(=O)(=O)NCC1CCC(Br)CC1. The first-order valence-electron chi connectivity index (χ1n) is 5.15. The summed E-state index contributed by atoms with van der Waals surface area (Å²) in [7, 11) is -2.99. The monoisotopic (exact) mass is 283 g/mol. The van der Waals surface area contributed by atoms with Gasteiger partial charge in [-0.15, -0.1) is 0 Å². The van der Waals surface area contributed by atoms with Crippen molar-refractivity contribution in [2.75, 3.05) is 12.3 Å². The van der Waals surface area contributed by atoms with Crippen molar-refractivity contribution >= 4 is 26.0 Å². The molecule has 1 saturated carbocycles. The second-order valence-corrected chi connectivity index (χ2v) is 7.26. The molecule has 0 saturated heterocycles. The van der Waals surface area contributed by atoms with Gasteiger partial charge in [-0.3, -0.25) is 0 Å². The Morgan fingerprint density at radius 1 is 1.29 bits per heavy atom. The highest BCUT2D eigenvalue weighted by molar-refractivity contribution is 9.09. The van der Waals surface area contributed by atoms with Crippen molar-refractivity contribution in [2.24, 2.45) is 5.92 Å². The molecule has 0 aromatic carbocycles. The predicted octanol–water partition coefficient (Wildman–Crippen LogP) is 1.88. The summed E-state index contributed by atoms with van der Waals surface area (Å²) in [6.07, 6.45) is 4.58. The smallest absolute Gasteiger partial charge is 0.211 e. The molecule has 0 radical (unpaired) electrons. The molecule has 5 heteroatoms. The minimum Gasteiger partial charge on any atom is -0.215 e. The third kappa shape index (κ3) is 4.28. The maximum absolute atomic E-state index is 11.2. The van der Waals surface area contributed by atoms with Crippen molar-refractivity contribution < 1.29 is 8.42 Å². The van der Waals surface area contributed by atoms with E-state index in [1.807, 2.05) is 0 Å². The van der Waals surface area contributed by atoms with E-state index < -0.39 is 10.0 Å². The van der Waals surface area contributed by atoms with Gasteiger partial charge in [0.25, 0.3) is 0 Å². The van der Waals surface area contributed by atoms with Crippen LogP contribution in [0.2, 0.25) is 0 Å². The Hall–Kier alpha value is 0.390. The first kappa shape index (κ1) is 12.5. The Morgan fingerprint density at radius 3 is 2.36 bits per heavy atom. The Kier molecular flexibility index (Phi) is 4.87. The van der Waals surface area contributed by atoms with Crippen LogP contribution in [0.1, 0.15) is 32.6 Å². The second-order valence-electron chi connectivity index (χ2n) is 3.87. The maximum atomic E-state index is 11.2. The Bertz CT molecular complexity index is 258. The standard InChI is InChI=1S/C9H18BrNO2S/c1-2-14(12,13)11-7-8-3-5-9(10)6-4-8/h8-9,11H,2-7H2,1H3. The molecule has 0 aromatic heterocycles. The zero-order chi connectivity index (χ0) is 10.6. The summed E-state index contributed by atoms with van der Waals surface area (Å²) in [6.45, 7) is 2.29. The molecule has 1 N–H and O–H groups in total. The minimum absolute atomic E-state index is 0.181. The number of hydrogen-bond donors (Lipinski definition) is 1. The van der Waals surface area contributed by atoms with Gasteiger partial charge in [-0.2, -0.15) is 0 Å². The van der Waals surface area contributed by atoms with E-state index in [0.717, 1.165) is 12.8 Å². The van der Waals surface area contributed by atoms with Crippen LogP contribution < -0.4 is 4.72 Å². The summed E-state index contributed by atoms with van der Waals surface area (Å²) in [4.78, 5) is 0.640. The maximum Gasteiger partial charge on any atom is 0.211 e. The summed E-state index contributed by atoms with van der Waals surface area (Å²) >= 11 is 3.58. The number of alkyl halides is 1. The first-order valence-corrected chi connectivity index (χ1v) is 7.71. The largest absolute Gasteiger partial charge is 0.215 e. The highest BCUT2D eigenvalue weighted by Gasteiger charge is 2.20. The van der Waals surface area contributed by atoms with Gasteiger partial charge in [-0.1, -0.05) is 15.9 Å². The zero-order valence-electron chi connectivity index (χ0n) is 8.50. The Balaban J connectivity index is 2.26. The minimum atomic E-state index is -2.99. The normalized spacial score (nSPS) is 29.0. The lowest BCUT2D eigenvalue weighted by Crippen LogP contribution is -2.32. The van der Waals surface area contributed by atoms with Gasteiger partial charge in [-0.05, 0) is 38.5 Å². The van der Waals surface area contributed by atoms with Crippen LogP contribution >= 0.6 is 15.9 Å². The molecule has 0 spiro atoms. The van der Waals surface area contributed by atoms with E-state index in [1.165, 1.54) is 12.8 Å². The zero-order valence-corrected chi connectivity index (χ0v) is 10.9. The van der Waals surface area contributed by atoms with Gasteiger partial charge in [-0.25, -0.2) is 13.1 Å². The summed E-state index contributed by atoms with van der Waals surface area (Å²) in [5.74, 6) is 0.714. The molecule has 0 aliphatic heterocycles. The Labute approximate surface area is 94.8 Å². The van der Waals surface area contributed by atoms with Gasteiger partial charge in [0.1, 0.15) is 0 Å². The second kappa shape index (κ2) is 5.47. The highest BCUT2D eigenvalue weighted by Crippen LogP contribution is 2.28. The van der Waals surface area contributed by atoms with Crippen LogP contribution in [-0.4, -0.2) is 25.5 Å². The van der Waals surface area contributed by atoms with Crippen molar-refractivity contribution in [1.29, 1.82) is 0 Å². The molecule has 0 bridgehead atoms. The van der Waals surface area contributed by atoms with Crippen LogP contribution in [0.4, 0.5) is 0 Å². The molecule has 3 nitrogen and oxygen atoms in total. The molecule has 1 rings (SSSR count). The van der Waals surface area contributed by atoms with Crippen LogP contribution in [0, 0.1) is 5.92 Å². The number of halogens is 1. The lowest BCUT2D eigenvalue weighted by molar-refractivity contribution is 0.366. The van der Waals surface area contributed by atoms with Crippen molar-refractivity contribution in [1.82, 2.24) is 4.72 Å². The molecule has 84 valence electrons. The summed E-state index contributed by atoms with van der Waals surface area (Å²) in [5, 5.41) is 0. The molecular weight excluding hydrogens is 266 g/mol. The van der Waals surface area contributed by atoms with E-state index in [2.05, 4.69) is 20.7 Å². The third-order valence-electron chi connectivity index (χ3n) is 2.75. The van der Waals surface area contributed by atoms with Crippen LogP contribution in [0.15, 0.2) is 0 Å². The van der Waals surface area contributed by atoms with E-state index in [1.54, 1.807) is 6.92 Å². The number of sulfonamides is 1. The fraction of sp³-hybridized carbons (Fsp3) is 1.00. The van der Waals surface area contributed by atoms with Gasteiger partial charge in [0.05, 0.1) is 5.75 Å². The van der Waals surface area contributed by atoms with Crippen molar-refractivity contribution in [3.8, 4) is 0 Å². The molecule has 0 amide bonds. The fourth-order valence-corrected chi connectivity index (χ4v) is 2.90. The quantitative estimate of drug-likeness (QED) is 0.801. The van der Waals surface area contributed by atoms with Crippen molar-refractivity contribution in [2.45, 2.75) is 37.4 Å². The molecule has 14 heavy (non-hydrogen) atoms. The van der Waals surface area contributed by atoms with E-state index in [0.29, 0.717) is 17.3 Å². The molecule has 0 heterocycles. The lowest BCUT2D eigenvalue weighted by Gasteiger charge is -2.25. The van der Waals surface area contributed by atoms with E-state index in [9.17, 15) is 8.42 Å². The van der Waals surface area contributed by atoms with Crippen LogP contribution in [0.25, 0.3) is 0 Å². The van der Waals surface area contributed by atoms with Crippen LogP contribution in [0.5, 0.6) is 0 Å². The highest BCUT2D eigenvalue weighted by atomic mass is 79.9. The molecule has 0 atom stereocenters. The van der Waals surface area contributed by atoms with Gasteiger partial charge in [0.15, 0.2) is 0 Å². The number of hydrogen-bond acceptors (Lipinski definition) is 2. The number of nitrogens with one attached hydrogen (secondary N) is 1. The van der Waals surface area contributed by atoms with Gasteiger partial charge < -0.3 is 0 Å². The molecule has 1 aliphatic rings. The molecule has 0 aromatic rings. The molecule has 1 aliphatic carbocycles. The topological polar surface area (TPSA) is 46.2 Å². The van der Waals surface area contributed by atoms with E-state index in [-0.39, 0.29) is 5.75 Å². The first-order chi connectivity index (χ1) is 6.53. The molecular formula is C9H18BrNO2S. The van der Waals surface area contributed by atoms with Crippen molar-refractivity contribution in [3.63, 3.8) is 0 Å². The van der Waals surface area contributed by atoms with Gasteiger partial charge in [0.2, 0.25) is 10.0 Å². The van der Waals surface area contributed by atoms with Crippen LogP contribution in [0.3, 0.4) is 0 Å². The number of rotatable bonds is 4. The predicted molar refractivity (Wildman–Crippen MR) is 62.1 cm³/mol. The summed E-state index contributed by atoms with van der Waals surface area (Å²) in [6, 6.07) is 0. The van der Waals surface area contributed by atoms with Gasteiger partial charge >= 0.3 is 0 Å². The summed E-state index contributed by atoms with van der Waals surface area (Å²) < 4.78 is 25.0.